The summed E-state index contributed by atoms with van der Waals surface area (Å²) in [4.78, 5) is 23.4. The molecule has 1 aliphatic carbocycles. The zero-order valence-corrected chi connectivity index (χ0v) is 14.9. The van der Waals surface area contributed by atoms with Gasteiger partial charge in [0.15, 0.2) is 0 Å². The third kappa shape index (κ3) is 7.82. The predicted molar refractivity (Wildman–Crippen MR) is 95.1 cm³/mol. The average molecular weight is 384 g/mol. The minimum Gasteiger partial charge on any atom is -0.362 e. The zero-order chi connectivity index (χ0) is 19.7. The highest BCUT2D eigenvalue weighted by atomic mass is 19.4. The molecule has 0 saturated carbocycles. The molecule has 148 valence electrons. The van der Waals surface area contributed by atoms with Crippen LogP contribution in [0.4, 0.5) is 18.9 Å². The lowest BCUT2D eigenvalue weighted by Crippen LogP contribution is -2.30. The van der Waals surface area contributed by atoms with Gasteiger partial charge in [-0.1, -0.05) is 17.7 Å². The Labute approximate surface area is 156 Å². The molecule has 0 heterocycles. The number of allylic oxidation sites excluding steroid dienone is 1. The molecule has 0 radical (unpaired) electrons. The van der Waals surface area contributed by atoms with Crippen molar-refractivity contribution in [2.24, 2.45) is 0 Å². The Kier molecular flexibility index (Phi) is 7.84. The van der Waals surface area contributed by atoms with Gasteiger partial charge in [0.25, 0.3) is 0 Å². The van der Waals surface area contributed by atoms with Gasteiger partial charge in [0.2, 0.25) is 11.8 Å². The molecular weight excluding hydrogens is 361 g/mol. The quantitative estimate of drug-likeness (QED) is 0.672. The first-order valence-corrected chi connectivity index (χ1v) is 8.84. The van der Waals surface area contributed by atoms with Crippen LogP contribution in [0, 0.1) is 0 Å². The van der Waals surface area contributed by atoms with E-state index in [1.54, 1.807) is 0 Å². The van der Waals surface area contributed by atoms with E-state index < -0.39 is 24.3 Å². The molecule has 2 amide bonds. The number of alkyl halides is 3. The Bertz CT molecular complexity index is 687. The minimum atomic E-state index is -4.48. The Hall–Kier alpha value is -2.35. The average Bonchev–Trinajstić information content (AvgIpc) is 2.62. The Morgan fingerprint density at radius 2 is 1.89 bits per heavy atom. The third-order valence-corrected chi connectivity index (χ3v) is 4.09. The van der Waals surface area contributed by atoms with Gasteiger partial charge in [-0.2, -0.15) is 13.2 Å². The summed E-state index contributed by atoms with van der Waals surface area (Å²) < 4.78 is 42.9. The molecule has 1 aliphatic rings. The van der Waals surface area contributed by atoms with E-state index in [1.807, 2.05) is 0 Å². The van der Waals surface area contributed by atoms with E-state index in [0.717, 1.165) is 31.4 Å². The monoisotopic (exact) mass is 384 g/mol. The fraction of sp³-hybridized carbons (Fsp3) is 0.474. The summed E-state index contributed by atoms with van der Waals surface area (Å²) in [6, 6.07) is 4.30. The second kappa shape index (κ2) is 10.1. The molecule has 0 spiro atoms. The number of hydrogen-bond acceptors (Lipinski definition) is 3. The van der Waals surface area contributed by atoms with Crippen molar-refractivity contribution in [3.05, 3.63) is 41.5 Å². The number of carbonyl (C=O) groups is 2. The summed E-state index contributed by atoms with van der Waals surface area (Å²) in [5.41, 5.74) is 0.514. The highest BCUT2D eigenvalue weighted by Crippen LogP contribution is 2.30. The maximum atomic E-state index is 12.6. The highest BCUT2D eigenvalue weighted by Gasteiger charge is 2.30. The van der Waals surface area contributed by atoms with Crippen LogP contribution >= 0.6 is 0 Å². The number of benzene rings is 1. The van der Waals surface area contributed by atoms with Gasteiger partial charge >= 0.3 is 6.18 Å². The molecule has 1 aromatic carbocycles. The van der Waals surface area contributed by atoms with Crippen molar-refractivity contribution in [1.29, 1.82) is 0 Å². The van der Waals surface area contributed by atoms with Crippen LogP contribution in [0.15, 0.2) is 35.9 Å². The highest BCUT2D eigenvalue weighted by molar-refractivity contribution is 5.92. The van der Waals surface area contributed by atoms with E-state index in [4.69, 9.17) is 4.74 Å². The van der Waals surface area contributed by atoms with Crippen LogP contribution in [0.5, 0.6) is 0 Å². The van der Waals surface area contributed by atoms with Gasteiger partial charge in [-0.3, -0.25) is 9.59 Å². The first-order chi connectivity index (χ1) is 12.8. The molecule has 0 atom stereocenters. The van der Waals surface area contributed by atoms with Gasteiger partial charge in [0, 0.05) is 12.2 Å². The Balaban J connectivity index is 1.64. The first-order valence-electron chi connectivity index (χ1n) is 8.84. The van der Waals surface area contributed by atoms with Gasteiger partial charge in [-0.15, -0.1) is 0 Å². The predicted octanol–water partition coefficient (Wildman–Crippen LogP) is 3.67. The van der Waals surface area contributed by atoms with Crippen LogP contribution < -0.4 is 10.6 Å². The van der Waals surface area contributed by atoms with E-state index in [-0.39, 0.29) is 18.2 Å². The van der Waals surface area contributed by atoms with E-state index in [2.05, 4.69) is 16.7 Å². The topological polar surface area (TPSA) is 67.4 Å². The Morgan fingerprint density at radius 3 is 2.59 bits per heavy atom. The van der Waals surface area contributed by atoms with Crippen LogP contribution in [-0.2, 0) is 20.5 Å². The smallest absolute Gasteiger partial charge is 0.362 e. The lowest BCUT2D eigenvalue weighted by atomic mass is 9.97. The van der Waals surface area contributed by atoms with Crippen molar-refractivity contribution in [3.8, 4) is 0 Å². The molecule has 2 N–H and O–H groups in total. The van der Waals surface area contributed by atoms with Crippen molar-refractivity contribution >= 4 is 17.5 Å². The molecule has 0 aromatic heterocycles. The minimum absolute atomic E-state index is 0.0173. The van der Waals surface area contributed by atoms with Crippen molar-refractivity contribution in [2.45, 2.75) is 38.3 Å². The van der Waals surface area contributed by atoms with Gasteiger partial charge in [-0.25, -0.2) is 0 Å². The SMILES string of the molecule is O=C(COCC(=O)Nc1cccc(C(F)(F)F)c1)NCCC1=CCCCC1. The zero-order valence-electron chi connectivity index (χ0n) is 14.9. The van der Waals surface area contributed by atoms with Crippen molar-refractivity contribution in [1.82, 2.24) is 5.32 Å². The fourth-order valence-electron chi connectivity index (χ4n) is 2.75. The van der Waals surface area contributed by atoms with Crippen LogP contribution in [0.25, 0.3) is 0 Å². The van der Waals surface area contributed by atoms with Crippen LogP contribution in [0.3, 0.4) is 0 Å². The molecule has 27 heavy (non-hydrogen) atoms. The van der Waals surface area contributed by atoms with Gasteiger partial charge in [0.1, 0.15) is 13.2 Å². The third-order valence-electron chi connectivity index (χ3n) is 4.09. The molecular formula is C19H23F3N2O3. The van der Waals surface area contributed by atoms with E-state index >= 15 is 0 Å². The fourth-order valence-corrected chi connectivity index (χ4v) is 2.75. The largest absolute Gasteiger partial charge is 0.416 e. The van der Waals surface area contributed by atoms with Gasteiger partial charge in [-0.05, 0) is 50.3 Å². The molecule has 0 unspecified atom stereocenters. The number of halogens is 3. The van der Waals surface area contributed by atoms with Gasteiger partial charge in [0.05, 0.1) is 5.56 Å². The molecule has 8 heteroatoms. The van der Waals surface area contributed by atoms with Crippen molar-refractivity contribution in [2.75, 3.05) is 25.1 Å². The Morgan fingerprint density at radius 1 is 1.11 bits per heavy atom. The number of carbonyl (C=O) groups excluding carboxylic acids is 2. The van der Waals surface area contributed by atoms with Crippen LogP contribution in [0.2, 0.25) is 0 Å². The number of ether oxygens (including phenoxy) is 1. The summed E-state index contributed by atoms with van der Waals surface area (Å²) >= 11 is 0. The maximum absolute atomic E-state index is 12.6. The molecule has 5 nitrogen and oxygen atoms in total. The number of anilines is 1. The standard InChI is InChI=1S/C19H23F3N2O3/c20-19(21,22)15-7-4-8-16(11-15)24-18(26)13-27-12-17(25)23-10-9-14-5-2-1-3-6-14/h4-5,7-8,11H,1-3,6,9-10,12-13H2,(H,23,25)(H,24,26). The number of rotatable bonds is 8. The summed E-state index contributed by atoms with van der Waals surface area (Å²) in [5, 5.41) is 5.03. The lowest BCUT2D eigenvalue weighted by molar-refractivity contribution is -0.137. The second-order valence-electron chi connectivity index (χ2n) is 6.33. The van der Waals surface area contributed by atoms with E-state index in [1.165, 1.54) is 30.5 Å². The van der Waals surface area contributed by atoms with Crippen LogP contribution in [-0.4, -0.2) is 31.6 Å². The normalized spacial score (nSPS) is 14.4. The first kappa shape index (κ1) is 21.0. The number of hydrogen-bond donors (Lipinski definition) is 2. The second-order valence-corrected chi connectivity index (χ2v) is 6.33. The number of amides is 2. The van der Waals surface area contributed by atoms with Crippen molar-refractivity contribution < 1.29 is 27.5 Å². The van der Waals surface area contributed by atoms with E-state index in [9.17, 15) is 22.8 Å². The summed E-state index contributed by atoms with van der Waals surface area (Å²) in [6.45, 7) is -0.186. The molecule has 0 fully saturated rings. The summed E-state index contributed by atoms with van der Waals surface area (Å²) in [5.74, 6) is -0.965. The molecule has 0 saturated heterocycles. The maximum Gasteiger partial charge on any atom is 0.416 e. The van der Waals surface area contributed by atoms with Crippen LogP contribution in [0.1, 0.15) is 37.7 Å². The molecule has 1 aromatic rings. The number of nitrogens with one attached hydrogen (secondary N) is 2. The molecule has 2 rings (SSSR count). The molecule has 0 aliphatic heterocycles. The lowest BCUT2D eigenvalue weighted by Gasteiger charge is -2.13. The van der Waals surface area contributed by atoms with Gasteiger partial charge < -0.3 is 15.4 Å². The summed E-state index contributed by atoms with van der Waals surface area (Å²) in [7, 11) is 0. The molecule has 0 bridgehead atoms. The van der Waals surface area contributed by atoms with Crippen molar-refractivity contribution in [3.63, 3.8) is 0 Å². The van der Waals surface area contributed by atoms with E-state index in [0.29, 0.717) is 6.54 Å². The summed E-state index contributed by atoms with van der Waals surface area (Å²) in [6.07, 6.45) is 3.10.